The summed E-state index contributed by atoms with van der Waals surface area (Å²) in [5.74, 6) is -1.43. The van der Waals surface area contributed by atoms with Crippen LogP contribution < -0.4 is 5.63 Å². The van der Waals surface area contributed by atoms with E-state index in [0.29, 0.717) is 21.7 Å². The Labute approximate surface area is 140 Å². The highest BCUT2D eigenvalue weighted by Gasteiger charge is 2.32. The van der Waals surface area contributed by atoms with E-state index in [1.807, 2.05) is 0 Å². The molecular weight excluding hydrogens is 330 g/mol. The molecule has 1 unspecified atom stereocenters. The molecule has 1 N–H and O–H groups in total. The molecule has 1 aliphatic heterocycles. The van der Waals surface area contributed by atoms with Gasteiger partial charge in [-0.05, 0) is 30.3 Å². The Morgan fingerprint density at radius 1 is 1.17 bits per heavy atom. The highest BCUT2D eigenvalue weighted by molar-refractivity contribution is 6.31. The first-order chi connectivity index (χ1) is 11.5. The van der Waals surface area contributed by atoms with E-state index in [1.165, 1.54) is 6.07 Å². The molecular formula is C18H10ClNO4. The first-order valence-corrected chi connectivity index (χ1v) is 7.57. The number of aliphatic hydroxyl groups is 1. The standard InChI is InChI=1S/C18H10ClNO4/c19-10-5-6-14-9(7-10)8-12(18(23)24-14)15-16(21)11-3-1-2-4-13(11)20-17(15)22/h1-8,11,21H. The van der Waals surface area contributed by atoms with Crippen molar-refractivity contribution < 1.29 is 14.3 Å². The number of hydrogen-bond acceptors (Lipinski definition) is 4. The molecule has 2 aliphatic rings. The lowest BCUT2D eigenvalue weighted by molar-refractivity contribution is -0.112. The number of halogens is 1. The highest BCUT2D eigenvalue weighted by atomic mass is 35.5. The first-order valence-electron chi connectivity index (χ1n) is 7.19. The molecule has 0 spiro atoms. The zero-order valence-corrected chi connectivity index (χ0v) is 12.9. The summed E-state index contributed by atoms with van der Waals surface area (Å²) in [4.78, 5) is 28.6. The Morgan fingerprint density at radius 3 is 2.83 bits per heavy atom. The highest BCUT2D eigenvalue weighted by Crippen LogP contribution is 2.31. The van der Waals surface area contributed by atoms with Gasteiger partial charge >= 0.3 is 5.63 Å². The summed E-state index contributed by atoms with van der Waals surface area (Å²) in [7, 11) is 0. The molecule has 0 bridgehead atoms. The fourth-order valence-electron chi connectivity index (χ4n) is 2.83. The van der Waals surface area contributed by atoms with Crippen molar-refractivity contribution in [3.8, 4) is 0 Å². The number of benzene rings is 1. The van der Waals surface area contributed by atoms with E-state index >= 15 is 0 Å². The normalized spacial score (nSPS) is 19.6. The molecule has 1 aromatic heterocycles. The van der Waals surface area contributed by atoms with Crippen LogP contribution in [0.1, 0.15) is 5.56 Å². The van der Waals surface area contributed by atoms with Gasteiger partial charge in [-0.2, -0.15) is 0 Å². The second-order valence-corrected chi connectivity index (χ2v) is 5.89. The molecule has 1 atom stereocenters. The minimum absolute atomic E-state index is 0.0296. The average Bonchev–Trinajstić information content (AvgIpc) is 2.55. The molecule has 6 heteroatoms. The number of nitrogens with zero attached hydrogens (tertiary/aromatic N) is 1. The molecule has 24 heavy (non-hydrogen) atoms. The van der Waals surface area contributed by atoms with E-state index in [2.05, 4.69) is 4.99 Å². The molecule has 0 saturated heterocycles. The van der Waals surface area contributed by atoms with Crippen molar-refractivity contribution in [1.29, 1.82) is 0 Å². The summed E-state index contributed by atoms with van der Waals surface area (Å²) in [6, 6.07) is 6.28. The zero-order chi connectivity index (χ0) is 16.8. The monoisotopic (exact) mass is 339 g/mol. The third kappa shape index (κ3) is 2.21. The maximum Gasteiger partial charge on any atom is 0.344 e. The van der Waals surface area contributed by atoms with Crippen molar-refractivity contribution in [2.75, 3.05) is 0 Å². The van der Waals surface area contributed by atoms with Gasteiger partial charge in [-0.1, -0.05) is 29.8 Å². The Hall–Kier alpha value is -2.92. The van der Waals surface area contributed by atoms with Crippen molar-refractivity contribution in [3.05, 3.63) is 75.3 Å². The number of fused-ring (bicyclic) bond motifs is 2. The quantitative estimate of drug-likeness (QED) is 0.807. The lowest BCUT2D eigenvalue weighted by atomic mass is 9.88. The number of amides is 1. The first kappa shape index (κ1) is 14.7. The van der Waals surface area contributed by atoms with Crippen molar-refractivity contribution >= 4 is 39.8 Å². The van der Waals surface area contributed by atoms with Crippen LogP contribution in [0.2, 0.25) is 5.02 Å². The maximum absolute atomic E-state index is 12.3. The summed E-state index contributed by atoms with van der Waals surface area (Å²) >= 11 is 5.96. The molecule has 118 valence electrons. The Morgan fingerprint density at radius 2 is 2.00 bits per heavy atom. The molecule has 1 aliphatic carbocycles. The van der Waals surface area contributed by atoms with Gasteiger partial charge in [-0.25, -0.2) is 9.79 Å². The van der Waals surface area contributed by atoms with E-state index in [0.717, 1.165) is 0 Å². The number of aliphatic hydroxyl groups excluding tert-OH is 1. The lowest BCUT2D eigenvalue weighted by Crippen LogP contribution is -2.26. The minimum atomic E-state index is -0.714. The number of carbonyl (C=O) groups excluding carboxylic acids is 1. The van der Waals surface area contributed by atoms with Gasteiger partial charge in [0.1, 0.15) is 11.3 Å². The Bertz CT molecular complexity index is 1070. The topological polar surface area (TPSA) is 79.9 Å². The van der Waals surface area contributed by atoms with Crippen LogP contribution >= 0.6 is 11.6 Å². The molecule has 1 aromatic carbocycles. The van der Waals surface area contributed by atoms with Gasteiger partial charge in [0.25, 0.3) is 5.91 Å². The fraction of sp³-hybridized carbons (Fsp3) is 0.0556. The van der Waals surface area contributed by atoms with E-state index in [4.69, 9.17) is 16.0 Å². The Balaban J connectivity index is 1.95. The van der Waals surface area contributed by atoms with Crippen molar-refractivity contribution in [2.24, 2.45) is 10.9 Å². The SMILES string of the molecule is O=C1N=C2C=CC=CC2C(O)=C1c1cc2cc(Cl)ccc2oc1=O. The van der Waals surface area contributed by atoms with E-state index < -0.39 is 17.5 Å². The lowest BCUT2D eigenvalue weighted by Gasteiger charge is -2.21. The summed E-state index contributed by atoms with van der Waals surface area (Å²) < 4.78 is 5.24. The molecule has 5 nitrogen and oxygen atoms in total. The number of aliphatic imine (C=N–C) groups is 1. The van der Waals surface area contributed by atoms with Gasteiger partial charge < -0.3 is 9.52 Å². The van der Waals surface area contributed by atoms with E-state index in [1.54, 1.807) is 42.5 Å². The van der Waals surface area contributed by atoms with Crippen LogP contribution in [0.5, 0.6) is 0 Å². The molecule has 4 rings (SSSR count). The predicted molar refractivity (Wildman–Crippen MR) is 91.3 cm³/mol. The van der Waals surface area contributed by atoms with Crippen LogP contribution in [0.15, 0.2) is 68.5 Å². The summed E-state index contributed by atoms with van der Waals surface area (Å²) in [5, 5.41) is 11.5. The van der Waals surface area contributed by atoms with Gasteiger partial charge in [0.15, 0.2) is 0 Å². The second-order valence-electron chi connectivity index (χ2n) is 5.45. The molecule has 2 heterocycles. The summed E-state index contributed by atoms with van der Waals surface area (Å²) in [6.45, 7) is 0. The van der Waals surface area contributed by atoms with Gasteiger partial charge in [-0.3, -0.25) is 4.79 Å². The minimum Gasteiger partial charge on any atom is -0.510 e. The number of hydrogen-bond donors (Lipinski definition) is 1. The summed E-state index contributed by atoms with van der Waals surface area (Å²) in [6.07, 6.45) is 6.83. The molecule has 2 aromatic rings. The van der Waals surface area contributed by atoms with Crippen LogP contribution in [0, 0.1) is 5.92 Å². The number of carbonyl (C=O) groups is 1. The predicted octanol–water partition coefficient (Wildman–Crippen LogP) is 3.44. The number of rotatable bonds is 1. The average molecular weight is 340 g/mol. The molecule has 0 fully saturated rings. The number of dihydropyridines is 1. The zero-order valence-electron chi connectivity index (χ0n) is 12.2. The van der Waals surface area contributed by atoms with Crippen LogP contribution in [0.25, 0.3) is 16.5 Å². The fourth-order valence-corrected chi connectivity index (χ4v) is 3.01. The van der Waals surface area contributed by atoms with Gasteiger partial charge in [-0.15, -0.1) is 0 Å². The van der Waals surface area contributed by atoms with Gasteiger partial charge in [0.2, 0.25) is 0 Å². The van der Waals surface area contributed by atoms with Gasteiger partial charge in [0.05, 0.1) is 22.8 Å². The third-order valence-corrected chi connectivity index (χ3v) is 4.19. The van der Waals surface area contributed by atoms with Crippen LogP contribution in [-0.2, 0) is 4.79 Å². The largest absolute Gasteiger partial charge is 0.510 e. The molecule has 0 saturated carbocycles. The van der Waals surface area contributed by atoms with Crippen molar-refractivity contribution in [3.63, 3.8) is 0 Å². The van der Waals surface area contributed by atoms with Crippen LogP contribution in [-0.4, -0.2) is 16.7 Å². The van der Waals surface area contributed by atoms with E-state index in [9.17, 15) is 14.7 Å². The van der Waals surface area contributed by atoms with Crippen LogP contribution in [0.3, 0.4) is 0 Å². The van der Waals surface area contributed by atoms with Crippen molar-refractivity contribution in [1.82, 2.24) is 0 Å². The van der Waals surface area contributed by atoms with Crippen molar-refractivity contribution in [2.45, 2.75) is 0 Å². The van der Waals surface area contributed by atoms with Crippen LogP contribution in [0.4, 0.5) is 0 Å². The molecule has 1 amide bonds. The third-order valence-electron chi connectivity index (χ3n) is 3.96. The van der Waals surface area contributed by atoms with Gasteiger partial charge in [0, 0.05) is 10.4 Å². The smallest absolute Gasteiger partial charge is 0.344 e. The summed E-state index contributed by atoms with van der Waals surface area (Å²) in [5.41, 5.74) is -0.0933. The maximum atomic E-state index is 12.3. The molecule has 0 radical (unpaired) electrons. The Kier molecular flexibility index (Phi) is 3.25. The van der Waals surface area contributed by atoms with E-state index in [-0.39, 0.29) is 16.9 Å². The number of allylic oxidation sites excluding steroid dienone is 4. The second kappa shape index (κ2) is 5.32.